The first-order valence-electron chi connectivity index (χ1n) is 6.44. The van der Waals surface area contributed by atoms with E-state index >= 15 is 0 Å². The van der Waals surface area contributed by atoms with Gasteiger partial charge in [0.25, 0.3) is 0 Å². The summed E-state index contributed by atoms with van der Waals surface area (Å²) in [5, 5.41) is 14.2. The normalized spacial score (nSPS) is 11.8. The van der Waals surface area contributed by atoms with E-state index in [0.717, 1.165) is 0 Å². The Morgan fingerprint density at radius 1 is 1.40 bits per heavy atom. The molecule has 0 aliphatic heterocycles. The smallest absolute Gasteiger partial charge is 0.335 e. The highest BCUT2D eigenvalue weighted by molar-refractivity contribution is 5.92. The maximum Gasteiger partial charge on any atom is 0.335 e. The van der Waals surface area contributed by atoms with Gasteiger partial charge in [0.05, 0.1) is 11.7 Å². The van der Waals surface area contributed by atoms with Crippen LogP contribution >= 0.6 is 0 Å². The fraction of sp³-hybridized carbons (Fsp3) is 0.429. The number of hydrogen-bond acceptors (Lipinski definition) is 3. The van der Waals surface area contributed by atoms with Crippen molar-refractivity contribution in [2.75, 3.05) is 18.5 Å². The van der Waals surface area contributed by atoms with Crippen LogP contribution < -0.4 is 10.6 Å². The van der Waals surface area contributed by atoms with Crippen molar-refractivity contribution in [1.29, 1.82) is 0 Å². The van der Waals surface area contributed by atoms with Crippen LogP contribution in [0, 0.1) is 6.92 Å². The lowest BCUT2D eigenvalue weighted by Crippen LogP contribution is -2.35. The lowest BCUT2D eigenvalue weighted by Gasteiger charge is -2.13. The first kappa shape index (κ1) is 16.0. The van der Waals surface area contributed by atoms with Crippen molar-refractivity contribution >= 4 is 17.7 Å². The number of urea groups is 1. The van der Waals surface area contributed by atoms with Crippen molar-refractivity contribution in [3.63, 3.8) is 0 Å². The van der Waals surface area contributed by atoms with Gasteiger partial charge in [-0.05, 0) is 44.5 Å². The second kappa shape index (κ2) is 7.49. The average molecular weight is 280 g/mol. The molecular weight excluding hydrogens is 260 g/mol. The van der Waals surface area contributed by atoms with E-state index in [4.69, 9.17) is 9.84 Å². The van der Waals surface area contributed by atoms with Crippen LogP contribution in [0.25, 0.3) is 0 Å². The van der Waals surface area contributed by atoms with E-state index < -0.39 is 5.97 Å². The van der Waals surface area contributed by atoms with Crippen LogP contribution in [0.2, 0.25) is 0 Å². The van der Waals surface area contributed by atoms with Crippen molar-refractivity contribution in [1.82, 2.24) is 5.32 Å². The van der Waals surface area contributed by atoms with Crippen LogP contribution in [0.3, 0.4) is 0 Å². The highest BCUT2D eigenvalue weighted by Gasteiger charge is 2.09. The Balaban J connectivity index is 2.54. The number of anilines is 1. The van der Waals surface area contributed by atoms with Crippen LogP contribution in [-0.4, -0.2) is 36.4 Å². The molecule has 1 rings (SSSR count). The molecule has 0 spiro atoms. The molecule has 20 heavy (non-hydrogen) atoms. The highest BCUT2D eigenvalue weighted by Crippen LogP contribution is 2.15. The monoisotopic (exact) mass is 280 g/mol. The minimum absolute atomic E-state index is 0.0538. The summed E-state index contributed by atoms with van der Waals surface area (Å²) in [5.41, 5.74) is 1.37. The molecule has 6 nitrogen and oxygen atoms in total. The van der Waals surface area contributed by atoms with Crippen molar-refractivity contribution in [3.05, 3.63) is 29.3 Å². The number of benzene rings is 1. The average Bonchev–Trinajstić information content (AvgIpc) is 2.36. The van der Waals surface area contributed by atoms with E-state index in [1.165, 1.54) is 6.07 Å². The first-order valence-corrected chi connectivity index (χ1v) is 6.44. The van der Waals surface area contributed by atoms with E-state index in [1.54, 1.807) is 19.1 Å². The van der Waals surface area contributed by atoms with Gasteiger partial charge in [0.1, 0.15) is 0 Å². The van der Waals surface area contributed by atoms with Gasteiger partial charge in [-0.2, -0.15) is 0 Å². The van der Waals surface area contributed by atoms with Gasteiger partial charge in [-0.25, -0.2) is 9.59 Å². The summed E-state index contributed by atoms with van der Waals surface area (Å²) >= 11 is 0. The molecule has 0 heterocycles. The third kappa shape index (κ3) is 4.89. The lowest BCUT2D eigenvalue weighted by atomic mass is 10.1. The predicted molar refractivity (Wildman–Crippen MR) is 76.2 cm³/mol. The van der Waals surface area contributed by atoms with E-state index in [2.05, 4.69) is 10.6 Å². The summed E-state index contributed by atoms with van der Waals surface area (Å²) in [7, 11) is 0. The Kier molecular flexibility index (Phi) is 5.99. The molecule has 0 aliphatic rings. The molecule has 1 aromatic rings. The van der Waals surface area contributed by atoms with Crippen molar-refractivity contribution in [2.24, 2.45) is 0 Å². The number of rotatable bonds is 6. The molecule has 0 bridgehead atoms. The summed E-state index contributed by atoms with van der Waals surface area (Å²) in [6.45, 7) is 6.45. The largest absolute Gasteiger partial charge is 0.478 e. The minimum atomic E-state index is -0.982. The first-order chi connectivity index (χ1) is 9.43. The molecule has 0 radical (unpaired) electrons. The molecule has 0 fully saturated rings. The zero-order valence-electron chi connectivity index (χ0n) is 11.9. The summed E-state index contributed by atoms with van der Waals surface area (Å²) in [6.07, 6.45) is -0.0538. The van der Waals surface area contributed by atoms with Gasteiger partial charge in [0, 0.05) is 18.8 Å². The Morgan fingerprint density at radius 3 is 2.65 bits per heavy atom. The van der Waals surface area contributed by atoms with Crippen molar-refractivity contribution in [2.45, 2.75) is 26.9 Å². The summed E-state index contributed by atoms with van der Waals surface area (Å²) in [4.78, 5) is 22.5. The van der Waals surface area contributed by atoms with Crippen LogP contribution in [-0.2, 0) is 4.74 Å². The molecule has 0 saturated heterocycles. The highest BCUT2D eigenvalue weighted by atomic mass is 16.5. The van der Waals surface area contributed by atoms with Gasteiger partial charge in [0.2, 0.25) is 0 Å². The molecule has 110 valence electrons. The maximum atomic E-state index is 11.7. The number of nitrogens with one attached hydrogen (secondary N) is 2. The molecule has 0 aromatic heterocycles. The molecule has 1 atom stereocenters. The summed E-state index contributed by atoms with van der Waals surface area (Å²) < 4.78 is 5.30. The number of carboxylic acids is 1. The zero-order chi connectivity index (χ0) is 15.1. The van der Waals surface area contributed by atoms with E-state index in [0.29, 0.717) is 24.4 Å². The minimum Gasteiger partial charge on any atom is -0.478 e. The van der Waals surface area contributed by atoms with Crippen LogP contribution in [0.1, 0.15) is 29.8 Å². The zero-order valence-corrected chi connectivity index (χ0v) is 11.9. The number of ether oxygens (including phenoxy) is 1. The third-order valence-corrected chi connectivity index (χ3v) is 2.72. The number of carboxylic acid groups (broad SMARTS) is 1. The number of aryl methyl sites for hydroxylation is 1. The maximum absolute atomic E-state index is 11.7. The predicted octanol–water partition coefficient (Wildman–Crippen LogP) is 2.24. The number of hydrogen-bond donors (Lipinski definition) is 3. The molecule has 3 N–H and O–H groups in total. The second-order valence-corrected chi connectivity index (χ2v) is 4.44. The van der Waals surface area contributed by atoms with Crippen molar-refractivity contribution in [3.8, 4) is 0 Å². The van der Waals surface area contributed by atoms with Gasteiger partial charge >= 0.3 is 12.0 Å². The molecular formula is C14H20N2O4. The second-order valence-electron chi connectivity index (χ2n) is 4.44. The Labute approximate surface area is 118 Å². The molecule has 0 saturated carbocycles. The van der Waals surface area contributed by atoms with Gasteiger partial charge < -0.3 is 20.5 Å². The summed E-state index contributed by atoms with van der Waals surface area (Å²) in [6, 6.07) is 4.30. The van der Waals surface area contributed by atoms with E-state index in [-0.39, 0.29) is 17.7 Å². The summed E-state index contributed by atoms with van der Waals surface area (Å²) in [5.74, 6) is -0.982. The van der Waals surface area contributed by atoms with Gasteiger partial charge in [-0.1, -0.05) is 0 Å². The Morgan fingerprint density at radius 2 is 2.10 bits per heavy atom. The fourth-order valence-electron chi connectivity index (χ4n) is 1.74. The molecule has 2 amide bonds. The number of aromatic carboxylic acids is 1. The quantitative estimate of drug-likeness (QED) is 0.745. The van der Waals surface area contributed by atoms with Crippen LogP contribution in [0.5, 0.6) is 0 Å². The van der Waals surface area contributed by atoms with Gasteiger partial charge in [-0.15, -0.1) is 0 Å². The van der Waals surface area contributed by atoms with Crippen molar-refractivity contribution < 1.29 is 19.4 Å². The molecule has 6 heteroatoms. The topological polar surface area (TPSA) is 87.7 Å². The molecule has 1 unspecified atom stereocenters. The SMILES string of the molecule is CCOC(C)CNC(=O)Nc1ccc(C(=O)O)c(C)c1. The van der Waals surface area contributed by atoms with Crippen LogP contribution in [0.15, 0.2) is 18.2 Å². The molecule has 1 aromatic carbocycles. The Hall–Kier alpha value is -2.08. The number of carbonyl (C=O) groups excluding carboxylic acids is 1. The van der Waals surface area contributed by atoms with Gasteiger partial charge in [0.15, 0.2) is 0 Å². The fourth-order valence-corrected chi connectivity index (χ4v) is 1.74. The molecule has 0 aliphatic carbocycles. The standard InChI is InChI=1S/C14H20N2O4/c1-4-20-10(3)8-15-14(19)16-11-5-6-12(13(17)18)9(2)7-11/h5-7,10H,4,8H2,1-3H3,(H,17,18)(H2,15,16,19). The van der Waals surface area contributed by atoms with Crippen LogP contribution in [0.4, 0.5) is 10.5 Å². The Bertz CT molecular complexity index is 488. The number of carbonyl (C=O) groups is 2. The van der Waals surface area contributed by atoms with E-state index in [9.17, 15) is 9.59 Å². The van der Waals surface area contributed by atoms with E-state index in [1.807, 2.05) is 13.8 Å². The number of amides is 2. The lowest BCUT2D eigenvalue weighted by molar-refractivity contribution is 0.0696. The third-order valence-electron chi connectivity index (χ3n) is 2.72. The van der Waals surface area contributed by atoms with Gasteiger partial charge in [-0.3, -0.25) is 0 Å².